The zero-order valence-electron chi connectivity index (χ0n) is 9.84. The van der Waals surface area contributed by atoms with Gasteiger partial charge < -0.3 is 0 Å². The molecule has 1 saturated heterocycles. The topological polar surface area (TPSA) is 46.2 Å². The van der Waals surface area contributed by atoms with Crippen molar-refractivity contribution >= 4 is 11.8 Å². The van der Waals surface area contributed by atoms with E-state index in [1.807, 2.05) is 6.92 Å². The summed E-state index contributed by atoms with van der Waals surface area (Å²) in [7, 11) is 0. The average Bonchev–Trinajstić information content (AvgIpc) is 2.31. The van der Waals surface area contributed by atoms with Gasteiger partial charge in [-0.3, -0.25) is 14.9 Å². The van der Waals surface area contributed by atoms with Crippen molar-refractivity contribution in [2.45, 2.75) is 51.9 Å². The maximum atomic E-state index is 12.1. The van der Waals surface area contributed by atoms with E-state index in [1.54, 1.807) is 0 Å². The van der Waals surface area contributed by atoms with E-state index in [1.165, 1.54) is 18.4 Å². The van der Waals surface area contributed by atoms with Crippen LogP contribution in [0.3, 0.4) is 0 Å². The summed E-state index contributed by atoms with van der Waals surface area (Å²) in [5.74, 6) is -0.190. The molecule has 1 fully saturated rings. The maximum Gasteiger partial charge on any atom is 0.236 e. The van der Waals surface area contributed by atoms with Gasteiger partial charge in [-0.2, -0.15) is 0 Å². The second-order valence-electron chi connectivity index (χ2n) is 4.79. The van der Waals surface area contributed by atoms with Crippen molar-refractivity contribution in [2.24, 2.45) is 5.41 Å². The molecule has 2 aliphatic rings. The second-order valence-corrected chi connectivity index (χ2v) is 4.79. The van der Waals surface area contributed by atoms with Gasteiger partial charge in [0.2, 0.25) is 11.8 Å². The van der Waals surface area contributed by atoms with Crippen LogP contribution in [-0.4, -0.2) is 11.8 Å². The lowest BCUT2D eigenvalue weighted by Gasteiger charge is -2.38. The molecule has 0 saturated carbocycles. The third-order valence-corrected chi connectivity index (χ3v) is 3.98. The van der Waals surface area contributed by atoms with Crippen molar-refractivity contribution < 1.29 is 9.59 Å². The predicted octanol–water partition coefficient (Wildman–Crippen LogP) is 2.32. The van der Waals surface area contributed by atoms with Crippen molar-refractivity contribution in [3.63, 3.8) is 0 Å². The molecule has 1 aliphatic heterocycles. The molecule has 0 aromatic carbocycles. The van der Waals surface area contributed by atoms with Gasteiger partial charge in [-0.1, -0.05) is 18.6 Å². The first kappa shape index (κ1) is 11.4. The number of amides is 2. The van der Waals surface area contributed by atoms with Crippen molar-refractivity contribution in [1.82, 2.24) is 5.32 Å². The molecule has 2 amide bonds. The van der Waals surface area contributed by atoms with E-state index in [-0.39, 0.29) is 17.2 Å². The Hall–Kier alpha value is -1.12. The Morgan fingerprint density at radius 1 is 1.31 bits per heavy atom. The highest BCUT2D eigenvalue weighted by Crippen LogP contribution is 2.42. The van der Waals surface area contributed by atoms with Gasteiger partial charge in [0.25, 0.3) is 0 Å². The molecule has 3 heteroatoms. The molecule has 0 aromatic rings. The quantitative estimate of drug-likeness (QED) is 0.574. The lowest BCUT2D eigenvalue weighted by atomic mass is 9.68. The van der Waals surface area contributed by atoms with E-state index in [9.17, 15) is 9.59 Å². The average molecular weight is 221 g/mol. The highest BCUT2D eigenvalue weighted by atomic mass is 16.2. The molecule has 0 spiro atoms. The molecule has 1 unspecified atom stereocenters. The highest BCUT2D eigenvalue weighted by molar-refractivity contribution is 6.02. The molecule has 16 heavy (non-hydrogen) atoms. The highest BCUT2D eigenvalue weighted by Gasteiger charge is 2.43. The molecule has 3 nitrogen and oxygen atoms in total. The van der Waals surface area contributed by atoms with Crippen LogP contribution in [0.4, 0.5) is 0 Å². The van der Waals surface area contributed by atoms with Crippen LogP contribution in [0.25, 0.3) is 0 Å². The minimum Gasteiger partial charge on any atom is -0.296 e. The third kappa shape index (κ3) is 1.79. The largest absolute Gasteiger partial charge is 0.296 e. The molecule has 1 atom stereocenters. The SMILES string of the molecule is CCC1(C2=CCCCC2)CCC(=O)NC1=O. The van der Waals surface area contributed by atoms with Crippen molar-refractivity contribution in [1.29, 1.82) is 0 Å². The minimum atomic E-state index is -0.381. The first-order valence-corrected chi connectivity index (χ1v) is 6.23. The number of hydrogen-bond acceptors (Lipinski definition) is 2. The Labute approximate surface area is 96.3 Å². The molecule has 1 aliphatic carbocycles. The third-order valence-electron chi connectivity index (χ3n) is 3.98. The normalized spacial score (nSPS) is 30.9. The van der Waals surface area contributed by atoms with Crippen LogP contribution in [0.5, 0.6) is 0 Å². The fraction of sp³-hybridized carbons (Fsp3) is 0.692. The Balaban J connectivity index is 2.27. The van der Waals surface area contributed by atoms with Crippen LogP contribution >= 0.6 is 0 Å². The number of imide groups is 1. The van der Waals surface area contributed by atoms with Gasteiger partial charge >= 0.3 is 0 Å². The van der Waals surface area contributed by atoms with E-state index in [2.05, 4.69) is 11.4 Å². The molecule has 2 rings (SSSR count). The van der Waals surface area contributed by atoms with Gasteiger partial charge in [-0.25, -0.2) is 0 Å². The summed E-state index contributed by atoms with van der Waals surface area (Å²) in [6.45, 7) is 2.05. The number of piperidine rings is 1. The first-order valence-electron chi connectivity index (χ1n) is 6.23. The number of rotatable bonds is 2. The van der Waals surface area contributed by atoms with Gasteiger partial charge in [0.05, 0.1) is 5.41 Å². The molecular formula is C13H19NO2. The zero-order valence-corrected chi connectivity index (χ0v) is 9.84. The van der Waals surface area contributed by atoms with Gasteiger partial charge in [0.15, 0.2) is 0 Å². The number of nitrogens with one attached hydrogen (secondary N) is 1. The minimum absolute atomic E-state index is 0.0700. The Morgan fingerprint density at radius 2 is 2.12 bits per heavy atom. The van der Waals surface area contributed by atoms with Crippen molar-refractivity contribution in [3.8, 4) is 0 Å². The summed E-state index contributed by atoms with van der Waals surface area (Å²) in [5, 5.41) is 2.50. The van der Waals surface area contributed by atoms with Crippen LogP contribution in [0.1, 0.15) is 51.9 Å². The van der Waals surface area contributed by atoms with Crippen molar-refractivity contribution in [2.75, 3.05) is 0 Å². The number of allylic oxidation sites excluding steroid dienone is 1. The first-order chi connectivity index (χ1) is 7.69. The fourth-order valence-corrected chi connectivity index (χ4v) is 2.89. The van der Waals surface area contributed by atoms with E-state index in [0.717, 1.165) is 19.3 Å². The molecule has 0 bridgehead atoms. The molecule has 0 radical (unpaired) electrons. The second kappa shape index (κ2) is 4.40. The van der Waals surface area contributed by atoms with Crippen LogP contribution in [0, 0.1) is 5.41 Å². The van der Waals surface area contributed by atoms with Crippen LogP contribution in [0.15, 0.2) is 11.6 Å². The standard InChI is InChI=1S/C13H19NO2/c1-2-13(10-6-4-3-5-7-10)9-8-11(15)14-12(13)16/h6H,2-5,7-9H2,1H3,(H,14,15,16). The van der Waals surface area contributed by atoms with Gasteiger partial charge in [0, 0.05) is 6.42 Å². The predicted molar refractivity (Wildman–Crippen MR) is 61.7 cm³/mol. The molecule has 1 N–H and O–H groups in total. The summed E-state index contributed by atoms with van der Waals surface area (Å²) in [6.07, 6.45) is 8.71. The van der Waals surface area contributed by atoms with E-state index in [4.69, 9.17) is 0 Å². The smallest absolute Gasteiger partial charge is 0.236 e. The van der Waals surface area contributed by atoms with Gasteiger partial charge in [0.1, 0.15) is 0 Å². The lowest BCUT2D eigenvalue weighted by Crippen LogP contribution is -2.49. The number of carbonyl (C=O) groups is 2. The Kier molecular flexibility index (Phi) is 3.13. The summed E-state index contributed by atoms with van der Waals surface area (Å²) in [4.78, 5) is 23.3. The van der Waals surface area contributed by atoms with E-state index in [0.29, 0.717) is 12.8 Å². The summed E-state index contributed by atoms with van der Waals surface area (Å²) >= 11 is 0. The summed E-state index contributed by atoms with van der Waals surface area (Å²) < 4.78 is 0. The molecule has 0 aromatic heterocycles. The van der Waals surface area contributed by atoms with Crippen LogP contribution in [0.2, 0.25) is 0 Å². The van der Waals surface area contributed by atoms with E-state index >= 15 is 0 Å². The van der Waals surface area contributed by atoms with E-state index < -0.39 is 0 Å². The van der Waals surface area contributed by atoms with Gasteiger partial charge in [-0.15, -0.1) is 0 Å². The Morgan fingerprint density at radius 3 is 2.69 bits per heavy atom. The lowest BCUT2D eigenvalue weighted by molar-refractivity contribution is -0.140. The van der Waals surface area contributed by atoms with Gasteiger partial charge in [-0.05, 0) is 38.5 Å². The molecule has 88 valence electrons. The maximum absolute atomic E-state index is 12.1. The zero-order chi connectivity index (χ0) is 11.6. The molecular weight excluding hydrogens is 202 g/mol. The number of carbonyl (C=O) groups excluding carboxylic acids is 2. The number of hydrogen-bond donors (Lipinski definition) is 1. The Bertz CT molecular complexity index is 346. The summed E-state index contributed by atoms with van der Waals surface area (Å²) in [6, 6.07) is 0. The monoisotopic (exact) mass is 221 g/mol. The summed E-state index contributed by atoms with van der Waals surface area (Å²) in [5.41, 5.74) is 0.889. The van der Waals surface area contributed by atoms with Crippen molar-refractivity contribution in [3.05, 3.63) is 11.6 Å². The van der Waals surface area contributed by atoms with Crippen LogP contribution in [-0.2, 0) is 9.59 Å². The molecule has 1 heterocycles. The van der Waals surface area contributed by atoms with Crippen LogP contribution < -0.4 is 5.32 Å². The fourth-order valence-electron chi connectivity index (χ4n) is 2.89.